The van der Waals surface area contributed by atoms with E-state index >= 15 is 0 Å². The van der Waals surface area contributed by atoms with Gasteiger partial charge < -0.3 is 19.7 Å². The lowest BCUT2D eigenvalue weighted by Crippen LogP contribution is -2.36. The highest BCUT2D eigenvalue weighted by atomic mass is 16.5. The van der Waals surface area contributed by atoms with Crippen molar-refractivity contribution in [1.82, 2.24) is 14.9 Å². The number of aromatic amines is 2. The number of hydrogen-bond acceptors (Lipinski definition) is 5. The van der Waals surface area contributed by atoms with Gasteiger partial charge in [-0.3, -0.25) is 19.4 Å². The fraction of sp³-hybridized carbons (Fsp3) is 0.294. The number of nitrogens with one attached hydrogen (secondary N) is 2. The van der Waals surface area contributed by atoms with Gasteiger partial charge in [0.1, 0.15) is 11.3 Å². The molecule has 0 bridgehead atoms. The van der Waals surface area contributed by atoms with Crippen molar-refractivity contribution in [2.45, 2.75) is 5.92 Å². The van der Waals surface area contributed by atoms with Crippen molar-refractivity contribution in [1.29, 1.82) is 0 Å². The van der Waals surface area contributed by atoms with E-state index in [9.17, 15) is 24.3 Å². The van der Waals surface area contributed by atoms with Crippen LogP contribution in [0.15, 0.2) is 40.1 Å². The van der Waals surface area contributed by atoms with Gasteiger partial charge in [0, 0.05) is 25.2 Å². The molecular weight excluding hydrogens is 342 g/mol. The third-order valence-electron chi connectivity index (χ3n) is 4.50. The minimum atomic E-state index is -1.02. The van der Waals surface area contributed by atoms with Crippen molar-refractivity contribution in [2.75, 3.05) is 20.2 Å². The molecule has 0 saturated carbocycles. The number of benzene rings is 1. The first-order valence-corrected chi connectivity index (χ1v) is 7.88. The zero-order valence-electron chi connectivity index (χ0n) is 13.9. The summed E-state index contributed by atoms with van der Waals surface area (Å²) in [6.07, 6.45) is 1.04. The average Bonchev–Trinajstić information content (AvgIpc) is 3.07. The molecule has 2 heterocycles. The van der Waals surface area contributed by atoms with Crippen LogP contribution in [0.1, 0.15) is 21.8 Å². The Morgan fingerprint density at radius 1 is 1.27 bits per heavy atom. The molecule has 1 fully saturated rings. The summed E-state index contributed by atoms with van der Waals surface area (Å²) in [5, 5.41) is 9.55. The number of hydrogen-bond donors (Lipinski definition) is 3. The molecule has 1 amide bonds. The number of likely N-dealkylation sites (tertiary alicyclic amines) is 1. The van der Waals surface area contributed by atoms with Gasteiger partial charge in [-0.1, -0.05) is 12.1 Å². The molecule has 2 aromatic rings. The Kier molecular flexibility index (Phi) is 4.61. The first-order valence-electron chi connectivity index (χ1n) is 7.88. The van der Waals surface area contributed by atoms with Crippen LogP contribution >= 0.6 is 0 Å². The molecule has 3 N–H and O–H groups in total. The van der Waals surface area contributed by atoms with Crippen LogP contribution in [0.5, 0.6) is 5.75 Å². The van der Waals surface area contributed by atoms with Crippen molar-refractivity contribution < 1.29 is 19.4 Å². The number of nitrogens with zero attached hydrogens (tertiary/aromatic N) is 1. The quantitative estimate of drug-likeness (QED) is 0.704. The predicted octanol–water partition coefficient (Wildman–Crippen LogP) is 0.0122. The number of methoxy groups -OCH3 is 1. The van der Waals surface area contributed by atoms with Gasteiger partial charge in [-0.05, 0) is 17.7 Å². The van der Waals surface area contributed by atoms with Gasteiger partial charge in [-0.15, -0.1) is 0 Å². The van der Waals surface area contributed by atoms with Crippen molar-refractivity contribution in [3.05, 3.63) is 62.4 Å². The second-order valence-corrected chi connectivity index (χ2v) is 6.02. The summed E-state index contributed by atoms with van der Waals surface area (Å²) in [5.74, 6) is -2.31. The maximum atomic E-state index is 12.6. The van der Waals surface area contributed by atoms with Gasteiger partial charge >= 0.3 is 11.7 Å². The maximum Gasteiger partial charge on any atom is 0.325 e. The lowest BCUT2D eigenvalue weighted by molar-refractivity contribution is -0.141. The number of carbonyl (C=O) groups excluding carboxylic acids is 1. The highest BCUT2D eigenvalue weighted by Gasteiger charge is 2.41. The highest BCUT2D eigenvalue weighted by molar-refractivity contribution is 5.94. The number of ether oxygens (including phenoxy) is 1. The normalized spacial score (nSPS) is 19.3. The van der Waals surface area contributed by atoms with Gasteiger partial charge in [-0.2, -0.15) is 0 Å². The van der Waals surface area contributed by atoms with Gasteiger partial charge in [-0.25, -0.2) is 4.79 Å². The van der Waals surface area contributed by atoms with Crippen molar-refractivity contribution in [3.63, 3.8) is 0 Å². The zero-order chi connectivity index (χ0) is 18.8. The third-order valence-corrected chi connectivity index (χ3v) is 4.50. The van der Waals surface area contributed by atoms with Crippen LogP contribution in [-0.2, 0) is 4.79 Å². The number of aliphatic carboxylic acids is 1. The van der Waals surface area contributed by atoms with Crippen LogP contribution in [0.4, 0.5) is 0 Å². The van der Waals surface area contributed by atoms with E-state index in [1.54, 1.807) is 24.3 Å². The van der Waals surface area contributed by atoms with Crippen LogP contribution in [0, 0.1) is 5.92 Å². The topological polar surface area (TPSA) is 133 Å². The third kappa shape index (κ3) is 3.23. The average molecular weight is 359 g/mol. The smallest absolute Gasteiger partial charge is 0.325 e. The molecule has 0 radical (unpaired) electrons. The number of carboxylic acids is 1. The molecule has 2 atom stereocenters. The molecule has 1 aliphatic rings. The standard InChI is InChI=1S/C17H17N3O6/c1-26-10-4-2-3-9(5-10)12-7-20(8-13(12)16(23)24)15(22)11-6-18-17(25)19-14(11)21/h2-6,12-13H,7-8H2,1H3,(H,23,24)(H2,18,19,21,25)/t12-,13+/m0/s1. The number of H-pyrrole nitrogens is 2. The molecular formula is C17H17N3O6. The molecule has 1 aromatic carbocycles. The Balaban J connectivity index is 1.91. The van der Waals surface area contributed by atoms with Crippen LogP contribution < -0.4 is 16.0 Å². The number of rotatable bonds is 4. The van der Waals surface area contributed by atoms with Gasteiger partial charge in [0.15, 0.2) is 0 Å². The minimum absolute atomic E-state index is 0.0331. The number of amides is 1. The Hall–Kier alpha value is -3.36. The molecule has 26 heavy (non-hydrogen) atoms. The molecule has 1 saturated heterocycles. The summed E-state index contributed by atoms with van der Waals surface area (Å²) in [6, 6.07) is 7.02. The first-order chi connectivity index (χ1) is 12.4. The summed E-state index contributed by atoms with van der Waals surface area (Å²) in [4.78, 5) is 52.8. The van der Waals surface area contributed by atoms with Crippen LogP contribution in [-0.4, -0.2) is 52.1 Å². The van der Waals surface area contributed by atoms with E-state index in [1.807, 2.05) is 4.98 Å². The van der Waals surface area contributed by atoms with Gasteiger partial charge in [0.05, 0.1) is 13.0 Å². The number of carboxylic acid groups (broad SMARTS) is 1. The molecule has 0 unspecified atom stereocenters. The zero-order valence-corrected chi connectivity index (χ0v) is 13.9. The summed E-state index contributed by atoms with van der Waals surface area (Å²) in [7, 11) is 1.51. The van der Waals surface area contributed by atoms with Crippen LogP contribution in [0.3, 0.4) is 0 Å². The van der Waals surface area contributed by atoms with E-state index in [0.717, 1.165) is 11.8 Å². The summed E-state index contributed by atoms with van der Waals surface area (Å²) >= 11 is 0. The Morgan fingerprint density at radius 2 is 2.04 bits per heavy atom. The number of aromatic nitrogens is 2. The van der Waals surface area contributed by atoms with E-state index in [2.05, 4.69) is 4.98 Å². The second kappa shape index (κ2) is 6.87. The van der Waals surface area contributed by atoms with E-state index in [-0.39, 0.29) is 18.7 Å². The Labute approximate surface area is 147 Å². The van der Waals surface area contributed by atoms with Crippen molar-refractivity contribution in [2.24, 2.45) is 5.92 Å². The SMILES string of the molecule is COc1cccc([C@@H]2CN(C(=O)c3c[nH]c(=O)[nH]c3=O)C[C@H]2C(=O)O)c1. The van der Waals surface area contributed by atoms with E-state index < -0.39 is 35.0 Å². The molecule has 9 nitrogen and oxygen atoms in total. The lowest BCUT2D eigenvalue weighted by Gasteiger charge is -2.16. The van der Waals surface area contributed by atoms with Crippen LogP contribution in [0.25, 0.3) is 0 Å². The van der Waals surface area contributed by atoms with Crippen molar-refractivity contribution in [3.8, 4) is 5.75 Å². The second-order valence-electron chi connectivity index (χ2n) is 6.02. The Morgan fingerprint density at radius 3 is 2.69 bits per heavy atom. The predicted molar refractivity (Wildman–Crippen MR) is 90.4 cm³/mol. The summed E-state index contributed by atoms with van der Waals surface area (Å²) in [5.41, 5.74) is -1.02. The molecule has 0 aliphatic carbocycles. The van der Waals surface area contributed by atoms with Gasteiger partial charge in [0.25, 0.3) is 11.5 Å². The van der Waals surface area contributed by atoms with E-state index in [0.29, 0.717) is 5.75 Å². The lowest BCUT2D eigenvalue weighted by atomic mass is 9.89. The van der Waals surface area contributed by atoms with E-state index in [4.69, 9.17) is 4.74 Å². The number of carbonyl (C=O) groups is 2. The fourth-order valence-electron chi connectivity index (χ4n) is 3.17. The molecule has 1 aliphatic heterocycles. The van der Waals surface area contributed by atoms with Crippen LogP contribution in [0.2, 0.25) is 0 Å². The van der Waals surface area contributed by atoms with Crippen molar-refractivity contribution >= 4 is 11.9 Å². The molecule has 1 aromatic heterocycles. The molecule has 3 rings (SSSR count). The highest BCUT2D eigenvalue weighted by Crippen LogP contribution is 2.34. The molecule has 136 valence electrons. The first kappa shape index (κ1) is 17.5. The molecule has 9 heteroatoms. The summed E-state index contributed by atoms with van der Waals surface area (Å²) in [6.45, 7) is 0.107. The largest absolute Gasteiger partial charge is 0.497 e. The minimum Gasteiger partial charge on any atom is -0.497 e. The summed E-state index contributed by atoms with van der Waals surface area (Å²) < 4.78 is 5.17. The fourth-order valence-corrected chi connectivity index (χ4v) is 3.17. The van der Waals surface area contributed by atoms with E-state index in [1.165, 1.54) is 12.0 Å². The maximum absolute atomic E-state index is 12.6. The molecule has 0 spiro atoms. The Bertz CT molecular complexity index is 963. The monoisotopic (exact) mass is 359 g/mol. The van der Waals surface area contributed by atoms with Gasteiger partial charge in [0.2, 0.25) is 0 Å².